The Morgan fingerprint density at radius 1 is 1.14 bits per heavy atom. The minimum atomic E-state index is -0.511. The third-order valence-corrected chi connectivity index (χ3v) is 3.34. The predicted molar refractivity (Wildman–Crippen MR) is 85.4 cm³/mol. The third kappa shape index (κ3) is 5.47. The molecule has 1 N–H and O–H groups in total. The molecule has 0 aromatic heterocycles. The molecule has 0 aliphatic carbocycles. The van der Waals surface area contributed by atoms with E-state index in [1.54, 1.807) is 9.80 Å². The van der Waals surface area contributed by atoms with Crippen molar-refractivity contribution in [3.8, 4) is 12.3 Å². The lowest BCUT2D eigenvalue weighted by molar-refractivity contribution is 0.0169. The van der Waals surface area contributed by atoms with Gasteiger partial charge in [0.1, 0.15) is 5.60 Å². The molecule has 0 radical (unpaired) electrons. The Hall–Kier alpha value is -1.90. The largest absolute Gasteiger partial charge is 0.444 e. The highest BCUT2D eigenvalue weighted by Crippen LogP contribution is 2.12. The summed E-state index contributed by atoms with van der Waals surface area (Å²) in [4.78, 5) is 27.4. The van der Waals surface area contributed by atoms with Crippen LogP contribution in [0.1, 0.15) is 34.6 Å². The summed E-state index contributed by atoms with van der Waals surface area (Å²) in [6.45, 7) is 11.3. The van der Waals surface area contributed by atoms with Gasteiger partial charge in [-0.1, -0.05) is 19.8 Å². The maximum absolute atomic E-state index is 12.2. The zero-order chi connectivity index (χ0) is 16.9. The van der Waals surface area contributed by atoms with Crippen molar-refractivity contribution in [2.75, 3.05) is 26.2 Å². The lowest BCUT2D eigenvalue weighted by Crippen LogP contribution is -2.55. The molecule has 1 heterocycles. The molecular formula is C16H27N3O3. The topological polar surface area (TPSA) is 61.9 Å². The minimum absolute atomic E-state index is 0.178. The summed E-state index contributed by atoms with van der Waals surface area (Å²) in [5.41, 5.74) is -0.511. The number of carbonyl (C=O) groups excluding carboxylic acids is 2. The number of carbonyl (C=O) groups is 2. The number of piperazine rings is 1. The van der Waals surface area contributed by atoms with E-state index in [0.717, 1.165) is 0 Å². The van der Waals surface area contributed by atoms with Gasteiger partial charge in [0.15, 0.2) is 0 Å². The van der Waals surface area contributed by atoms with Gasteiger partial charge in [0, 0.05) is 26.2 Å². The molecule has 1 rings (SSSR count). The molecule has 1 atom stereocenters. The number of nitrogens with one attached hydrogen (secondary N) is 1. The standard InChI is InChI=1S/C16H27N3O3/c1-7-13(12(2)3)17-14(20)18-8-10-19(11-9-18)15(21)22-16(4,5)6/h1,12-13H,8-11H2,2-6H3,(H,17,20). The number of nitrogens with zero attached hydrogens (tertiary/aromatic N) is 2. The summed E-state index contributed by atoms with van der Waals surface area (Å²) in [5, 5.41) is 2.83. The average molecular weight is 309 g/mol. The van der Waals surface area contributed by atoms with Gasteiger partial charge < -0.3 is 19.9 Å². The number of rotatable bonds is 2. The smallest absolute Gasteiger partial charge is 0.410 e. The molecule has 0 spiro atoms. The Morgan fingerprint density at radius 3 is 2.05 bits per heavy atom. The van der Waals surface area contributed by atoms with Crippen molar-refractivity contribution in [1.82, 2.24) is 15.1 Å². The fourth-order valence-corrected chi connectivity index (χ4v) is 2.04. The van der Waals surface area contributed by atoms with Crippen molar-refractivity contribution in [2.24, 2.45) is 5.92 Å². The van der Waals surface area contributed by atoms with Gasteiger partial charge in [0.05, 0.1) is 6.04 Å². The van der Waals surface area contributed by atoms with Gasteiger partial charge in [0.2, 0.25) is 0 Å². The third-order valence-electron chi connectivity index (χ3n) is 3.34. The maximum Gasteiger partial charge on any atom is 0.410 e. The molecule has 1 aliphatic rings. The van der Waals surface area contributed by atoms with Crippen molar-refractivity contribution >= 4 is 12.1 Å². The van der Waals surface area contributed by atoms with Crippen LogP contribution in [-0.2, 0) is 4.74 Å². The van der Waals surface area contributed by atoms with Gasteiger partial charge in [-0.05, 0) is 26.7 Å². The Kier molecular flexibility index (Phi) is 6.10. The molecule has 6 nitrogen and oxygen atoms in total. The average Bonchev–Trinajstić information content (AvgIpc) is 2.42. The van der Waals surface area contributed by atoms with Gasteiger partial charge in [-0.3, -0.25) is 0 Å². The van der Waals surface area contributed by atoms with Crippen LogP contribution in [0.3, 0.4) is 0 Å². The van der Waals surface area contributed by atoms with Crippen LogP contribution in [-0.4, -0.2) is 59.7 Å². The lowest BCUT2D eigenvalue weighted by atomic mass is 10.1. The van der Waals surface area contributed by atoms with E-state index in [-0.39, 0.29) is 24.1 Å². The van der Waals surface area contributed by atoms with Crippen LogP contribution in [0.4, 0.5) is 9.59 Å². The van der Waals surface area contributed by atoms with E-state index in [1.165, 1.54) is 0 Å². The molecule has 22 heavy (non-hydrogen) atoms. The van der Waals surface area contributed by atoms with Crippen LogP contribution in [0.25, 0.3) is 0 Å². The zero-order valence-corrected chi connectivity index (χ0v) is 14.2. The summed E-state index contributed by atoms with van der Waals surface area (Å²) in [5.74, 6) is 2.76. The Balaban J connectivity index is 2.47. The summed E-state index contributed by atoms with van der Waals surface area (Å²) < 4.78 is 5.33. The molecule has 6 heteroatoms. The van der Waals surface area contributed by atoms with Crippen LogP contribution >= 0.6 is 0 Å². The molecule has 1 aliphatic heterocycles. The highest BCUT2D eigenvalue weighted by Gasteiger charge is 2.28. The second kappa shape index (κ2) is 7.39. The minimum Gasteiger partial charge on any atom is -0.444 e. The molecule has 124 valence electrons. The first-order chi connectivity index (χ1) is 10.1. The van der Waals surface area contributed by atoms with Crippen LogP contribution in [0.5, 0.6) is 0 Å². The van der Waals surface area contributed by atoms with Crippen LogP contribution in [0, 0.1) is 18.3 Å². The molecule has 0 aromatic rings. The first kappa shape index (κ1) is 18.1. The number of terminal acetylenes is 1. The predicted octanol–water partition coefficient (Wildman–Crippen LogP) is 1.91. The molecule has 0 saturated carbocycles. The molecule has 1 fully saturated rings. The first-order valence-corrected chi connectivity index (χ1v) is 7.63. The SMILES string of the molecule is C#CC(NC(=O)N1CCN(C(=O)OC(C)(C)C)CC1)C(C)C. The monoisotopic (exact) mass is 309 g/mol. The highest BCUT2D eigenvalue weighted by atomic mass is 16.6. The summed E-state index contributed by atoms with van der Waals surface area (Å²) in [6.07, 6.45) is 5.08. The lowest BCUT2D eigenvalue weighted by Gasteiger charge is -2.36. The second-order valence-corrected chi connectivity index (χ2v) is 6.79. The summed E-state index contributed by atoms with van der Waals surface area (Å²) in [7, 11) is 0. The highest BCUT2D eigenvalue weighted by molar-refractivity contribution is 5.75. The Labute approximate surface area is 133 Å². The van der Waals surface area contributed by atoms with Gasteiger partial charge >= 0.3 is 12.1 Å². The van der Waals surface area contributed by atoms with Crippen molar-refractivity contribution < 1.29 is 14.3 Å². The molecule has 0 bridgehead atoms. The van der Waals surface area contributed by atoms with E-state index in [2.05, 4.69) is 11.2 Å². The van der Waals surface area contributed by atoms with E-state index < -0.39 is 5.60 Å². The van der Waals surface area contributed by atoms with Gasteiger partial charge in [0.25, 0.3) is 0 Å². The number of amides is 3. The van der Waals surface area contributed by atoms with E-state index in [0.29, 0.717) is 26.2 Å². The zero-order valence-electron chi connectivity index (χ0n) is 14.2. The Bertz CT molecular complexity index is 441. The van der Waals surface area contributed by atoms with E-state index in [9.17, 15) is 9.59 Å². The van der Waals surface area contributed by atoms with Gasteiger partial charge in [-0.25, -0.2) is 9.59 Å². The van der Waals surface area contributed by atoms with Crippen molar-refractivity contribution in [2.45, 2.75) is 46.3 Å². The number of urea groups is 1. The van der Waals surface area contributed by atoms with Crippen LogP contribution < -0.4 is 5.32 Å². The summed E-state index contributed by atoms with van der Waals surface area (Å²) >= 11 is 0. The van der Waals surface area contributed by atoms with Crippen LogP contribution in [0.15, 0.2) is 0 Å². The summed E-state index contributed by atoms with van der Waals surface area (Å²) in [6, 6.07) is -0.461. The van der Waals surface area contributed by atoms with Crippen LogP contribution in [0.2, 0.25) is 0 Å². The molecular weight excluding hydrogens is 282 g/mol. The quantitative estimate of drug-likeness (QED) is 0.793. The fourth-order valence-electron chi connectivity index (χ4n) is 2.04. The van der Waals surface area contributed by atoms with E-state index in [4.69, 9.17) is 11.2 Å². The molecule has 1 unspecified atom stereocenters. The molecule has 0 aromatic carbocycles. The fraction of sp³-hybridized carbons (Fsp3) is 0.750. The first-order valence-electron chi connectivity index (χ1n) is 7.63. The number of ether oxygens (including phenoxy) is 1. The van der Waals surface area contributed by atoms with Crippen molar-refractivity contribution in [3.63, 3.8) is 0 Å². The number of hydrogen-bond acceptors (Lipinski definition) is 3. The normalized spacial score (nSPS) is 17.0. The molecule has 1 saturated heterocycles. The van der Waals surface area contributed by atoms with Crippen molar-refractivity contribution in [1.29, 1.82) is 0 Å². The van der Waals surface area contributed by atoms with Crippen molar-refractivity contribution in [3.05, 3.63) is 0 Å². The maximum atomic E-state index is 12.2. The second-order valence-electron chi connectivity index (χ2n) is 6.79. The number of hydrogen-bond donors (Lipinski definition) is 1. The van der Waals surface area contributed by atoms with Gasteiger partial charge in [-0.15, -0.1) is 6.42 Å². The Morgan fingerprint density at radius 2 is 1.64 bits per heavy atom. The van der Waals surface area contributed by atoms with E-state index >= 15 is 0 Å². The van der Waals surface area contributed by atoms with E-state index in [1.807, 2.05) is 34.6 Å². The molecule has 3 amide bonds. The van der Waals surface area contributed by atoms with Gasteiger partial charge in [-0.2, -0.15) is 0 Å².